The number of esters is 1. The molecule has 4 heteroatoms. The number of ether oxygens (including phenoxy) is 1. The Hall–Kier alpha value is -1.03. The topological polar surface area (TPSA) is 52.3 Å². The van der Waals surface area contributed by atoms with Gasteiger partial charge in [-0.15, -0.1) is 11.3 Å². The maximum atomic E-state index is 11.2. The fourth-order valence-electron chi connectivity index (χ4n) is 0.745. The molecule has 0 aliphatic carbocycles. The molecule has 0 atom stereocenters. The first kappa shape index (κ1) is 9.06. The van der Waals surface area contributed by atoms with Crippen LogP contribution in [0.15, 0.2) is 11.4 Å². The smallest absolute Gasteiger partial charge is 0.350 e. The van der Waals surface area contributed by atoms with E-state index in [0.29, 0.717) is 17.2 Å². The third kappa shape index (κ3) is 1.98. The Labute approximate surface area is 75.1 Å². The zero-order valence-electron chi connectivity index (χ0n) is 6.87. The lowest BCUT2D eigenvalue weighted by Crippen LogP contribution is -2.05. The molecule has 0 aliphatic heterocycles. The number of thiophene rings is 1. The van der Waals surface area contributed by atoms with E-state index in [1.165, 1.54) is 11.3 Å². The molecule has 0 amide bonds. The summed E-state index contributed by atoms with van der Waals surface area (Å²) in [6.07, 6.45) is 0.830. The molecule has 0 aromatic carbocycles. The lowest BCUT2D eigenvalue weighted by Gasteiger charge is -2.00. The fraction of sp³-hybridized carbons (Fsp3) is 0.375. The standard InChI is InChI=1S/C8H11NO2S/c1-2-4-11-8(10)7-6(9)3-5-12-7/h3,5H,2,4,9H2,1H3. The van der Waals surface area contributed by atoms with Gasteiger partial charge in [-0.2, -0.15) is 0 Å². The molecule has 0 spiro atoms. The van der Waals surface area contributed by atoms with Crippen molar-refractivity contribution in [2.24, 2.45) is 0 Å². The molecule has 0 saturated heterocycles. The van der Waals surface area contributed by atoms with Crippen LogP contribution in [0.3, 0.4) is 0 Å². The summed E-state index contributed by atoms with van der Waals surface area (Å²) in [5.74, 6) is -0.315. The van der Waals surface area contributed by atoms with Crippen molar-refractivity contribution < 1.29 is 9.53 Å². The first-order valence-corrected chi connectivity index (χ1v) is 4.63. The fourth-order valence-corrected chi connectivity index (χ4v) is 1.46. The second-order valence-corrected chi connectivity index (χ2v) is 3.26. The third-order valence-electron chi connectivity index (χ3n) is 1.32. The number of carbonyl (C=O) groups is 1. The summed E-state index contributed by atoms with van der Waals surface area (Å²) in [7, 11) is 0. The van der Waals surface area contributed by atoms with Crippen LogP contribution in [0.1, 0.15) is 23.0 Å². The highest BCUT2D eigenvalue weighted by atomic mass is 32.1. The number of carbonyl (C=O) groups excluding carboxylic acids is 1. The lowest BCUT2D eigenvalue weighted by molar-refractivity contribution is 0.0512. The monoisotopic (exact) mass is 185 g/mol. The van der Waals surface area contributed by atoms with Gasteiger partial charge in [-0.1, -0.05) is 6.92 Å². The van der Waals surface area contributed by atoms with E-state index in [4.69, 9.17) is 10.5 Å². The maximum absolute atomic E-state index is 11.2. The summed E-state index contributed by atoms with van der Waals surface area (Å²) in [5.41, 5.74) is 6.02. The van der Waals surface area contributed by atoms with Gasteiger partial charge in [-0.25, -0.2) is 4.79 Å². The van der Waals surface area contributed by atoms with E-state index in [9.17, 15) is 4.79 Å². The van der Waals surface area contributed by atoms with Crippen molar-refractivity contribution in [1.29, 1.82) is 0 Å². The van der Waals surface area contributed by atoms with Crippen LogP contribution < -0.4 is 5.73 Å². The Bertz CT molecular complexity index is 270. The number of nitrogen functional groups attached to an aromatic ring is 1. The highest BCUT2D eigenvalue weighted by Gasteiger charge is 2.11. The molecule has 0 radical (unpaired) electrons. The minimum atomic E-state index is -0.315. The van der Waals surface area contributed by atoms with Crippen LogP contribution in [0.2, 0.25) is 0 Å². The average Bonchev–Trinajstić information content (AvgIpc) is 2.47. The van der Waals surface area contributed by atoms with Gasteiger partial charge in [0.25, 0.3) is 0 Å². The molecular weight excluding hydrogens is 174 g/mol. The summed E-state index contributed by atoms with van der Waals surface area (Å²) in [5, 5.41) is 1.78. The number of hydrogen-bond donors (Lipinski definition) is 1. The molecule has 1 rings (SSSR count). The van der Waals surface area contributed by atoms with Crippen molar-refractivity contribution in [3.63, 3.8) is 0 Å². The molecule has 1 heterocycles. The summed E-state index contributed by atoms with van der Waals surface area (Å²) in [6, 6.07) is 1.70. The third-order valence-corrected chi connectivity index (χ3v) is 2.23. The number of rotatable bonds is 3. The van der Waals surface area contributed by atoms with Gasteiger partial charge >= 0.3 is 5.97 Å². The van der Waals surface area contributed by atoms with Crippen LogP contribution in [0.4, 0.5) is 5.69 Å². The van der Waals surface area contributed by atoms with Gasteiger partial charge in [0.05, 0.1) is 12.3 Å². The zero-order valence-corrected chi connectivity index (χ0v) is 7.69. The molecule has 2 N–H and O–H groups in total. The first-order valence-electron chi connectivity index (χ1n) is 3.75. The van der Waals surface area contributed by atoms with Crippen LogP contribution in [-0.4, -0.2) is 12.6 Å². The molecule has 0 bridgehead atoms. The van der Waals surface area contributed by atoms with Crippen LogP contribution in [0, 0.1) is 0 Å². The summed E-state index contributed by atoms with van der Waals surface area (Å²) < 4.78 is 4.91. The Balaban J connectivity index is 2.59. The van der Waals surface area contributed by atoms with E-state index in [1.54, 1.807) is 11.4 Å². The zero-order chi connectivity index (χ0) is 8.97. The Kier molecular flexibility index (Phi) is 3.10. The van der Waals surface area contributed by atoms with Gasteiger partial charge < -0.3 is 10.5 Å². The summed E-state index contributed by atoms with van der Waals surface area (Å²) in [4.78, 5) is 11.7. The second-order valence-electron chi connectivity index (χ2n) is 2.34. The Morgan fingerprint density at radius 2 is 2.50 bits per heavy atom. The van der Waals surface area contributed by atoms with Crippen molar-refractivity contribution in [3.05, 3.63) is 16.3 Å². The number of nitrogens with two attached hydrogens (primary N) is 1. The van der Waals surface area contributed by atoms with Gasteiger partial charge in [0.15, 0.2) is 0 Å². The van der Waals surface area contributed by atoms with Gasteiger partial charge in [-0.3, -0.25) is 0 Å². The number of anilines is 1. The van der Waals surface area contributed by atoms with Crippen LogP contribution in [0.25, 0.3) is 0 Å². The highest BCUT2D eigenvalue weighted by Crippen LogP contribution is 2.19. The van der Waals surface area contributed by atoms with E-state index in [-0.39, 0.29) is 5.97 Å². The molecule has 0 aliphatic rings. The van der Waals surface area contributed by atoms with Crippen molar-refractivity contribution in [2.75, 3.05) is 12.3 Å². The first-order chi connectivity index (χ1) is 5.75. The van der Waals surface area contributed by atoms with Gasteiger partial charge in [0.2, 0.25) is 0 Å². The molecule has 1 aromatic rings. The lowest BCUT2D eigenvalue weighted by atomic mass is 10.4. The van der Waals surface area contributed by atoms with Crippen LogP contribution >= 0.6 is 11.3 Å². The van der Waals surface area contributed by atoms with E-state index < -0.39 is 0 Å². The second kappa shape index (κ2) is 4.11. The quantitative estimate of drug-likeness (QED) is 0.732. The molecule has 1 aromatic heterocycles. The van der Waals surface area contributed by atoms with E-state index in [2.05, 4.69) is 0 Å². The van der Waals surface area contributed by atoms with E-state index in [1.807, 2.05) is 6.92 Å². The summed E-state index contributed by atoms with van der Waals surface area (Å²) in [6.45, 7) is 2.40. The predicted molar refractivity (Wildman–Crippen MR) is 49.3 cm³/mol. The normalized spacial score (nSPS) is 9.75. The van der Waals surface area contributed by atoms with Gasteiger partial charge in [-0.05, 0) is 17.9 Å². The van der Waals surface area contributed by atoms with Crippen molar-refractivity contribution in [1.82, 2.24) is 0 Å². The van der Waals surface area contributed by atoms with Crippen LogP contribution in [-0.2, 0) is 4.74 Å². The van der Waals surface area contributed by atoms with Crippen molar-refractivity contribution >= 4 is 23.0 Å². The van der Waals surface area contributed by atoms with Crippen molar-refractivity contribution in [3.8, 4) is 0 Å². The minimum Gasteiger partial charge on any atom is -0.461 e. The molecule has 0 saturated carbocycles. The molecular formula is C8H11NO2S. The van der Waals surface area contributed by atoms with Gasteiger partial charge in [0.1, 0.15) is 4.88 Å². The molecule has 0 unspecified atom stereocenters. The SMILES string of the molecule is CCCOC(=O)c1sccc1N. The predicted octanol–water partition coefficient (Wildman–Crippen LogP) is 1.90. The highest BCUT2D eigenvalue weighted by molar-refractivity contribution is 7.12. The Morgan fingerprint density at radius 3 is 3.00 bits per heavy atom. The van der Waals surface area contributed by atoms with E-state index >= 15 is 0 Å². The largest absolute Gasteiger partial charge is 0.461 e. The minimum absolute atomic E-state index is 0.315. The summed E-state index contributed by atoms with van der Waals surface area (Å²) >= 11 is 1.31. The van der Waals surface area contributed by atoms with Gasteiger partial charge in [0, 0.05) is 0 Å². The van der Waals surface area contributed by atoms with Crippen molar-refractivity contribution in [2.45, 2.75) is 13.3 Å². The molecule has 3 nitrogen and oxygen atoms in total. The van der Waals surface area contributed by atoms with Crippen LogP contribution in [0.5, 0.6) is 0 Å². The Morgan fingerprint density at radius 1 is 1.75 bits per heavy atom. The average molecular weight is 185 g/mol. The maximum Gasteiger partial charge on any atom is 0.350 e. The number of hydrogen-bond acceptors (Lipinski definition) is 4. The molecule has 12 heavy (non-hydrogen) atoms. The van der Waals surface area contributed by atoms with E-state index in [0.717, 1.165) is 6.42 Å². The molecule has 0 fully saturated rings. The molecule has 66 valence electrons.